The van der Waals surface area contributed by atoms with Gasteiger partial charge in [-0.2, -0.15) is 0 Å². The first-order valence-electron chi connectivity index (χ1n) is 7.30. The predicted molar refractivity (Wildman–Crippen MR) is 81.4 cm³/mol. The molecule has 0 saturated heterocycles. The lowest BCUT2D eigenvalue weighted by Gasteiger charge is -2.56. The van der Waals surface area contributed by atoms with E-state index in [1.165, 1.54) is 37.7 Å². The molecule has 2 fully saturated rings. The number of rotatable bonds is 2. The third-order valence-electron chi connectivity index (χ3n) is 5.04. The van der Waals surface area contributed by atoms with E-state index in [0.717, 1.165) is 16.6 Å². The largest absolute Gasteiger partial charge is 0.489 e. The summed E-state index contributed by atoms with van der Waals surface area (Å²) in [6, 6.07) is 6.57. The van der Waals surface area contributed by atoms with Gasteiger partial charge in [-0.1, -0.05) is 35.2 Å². The Kier molecular flexibility index (Phi) is 3.61. The minimum absolute atomic E-state index is 0.262. The standard InChI is InChI=1S/C16H22BrNO/c1-11-9-12(17)5-6-13(11)19-15-10-14(18)16(15)7-3-2-4-8-16/h5-6,9,14-15H,2-4,7-8,10,18H2,1H3. The van der Waals surface area contributed by atoms with Gasteiger partial charge < -0.3 is 10.5 Å². The predicted octanol–water partition coefficient (Wildman–Crippen LogP) is 4.19. The molecule has 0 bridgehead atoms. The van der Waals surface area contributed by atoms with E-state index in [-0.39, 0.29) is 5.41 Å². The van der Waals surface area contributed by atoms with Crippen LogP contribution in [0.25, 0.3) is 0 Å². The molecule has 1 aromatic rings. The molecule has 2 saturated carbocycles. The van der Waals surface area contributed by atoms with Crippen molar-refractivity contribution in [3.8, 4) is 5.75 Å². The summed E-state index contributed by atoms with van der Waals surface area (Å²) in [5, 5.41) is 0. The highest BCUT2D eigenvalue weighted by atomic mass is 79.9. The van der Waals surface area contributed by atoms with Gasteiger partial charge in [0.25, 0.3) is 0 Å². The van der Waals surface area contributed by atoms with E-state index in [2.05, 4.69) is 41.1 Å². The minimum atomic E-state index is 0.262. The molecule has 2 nitrogen and oxygen atoms in total. The van der Waals surface area contributed by atoms with Crippen LogP contribution in [0.4, 0.5) is 0 Å². The highest BCUT2D eigenvalue weighted by Crippen LogP contribution is 2.52. The molecule has 2 aliphatic carbocycles. The fraction of sp³-hybridized carbons (Fsp3) is 0.625. The van der Waals surface area contributed by atoms with Gasteiger partial charge in [-0.25, -0.2) is 0 Å². The summed E-state index contributed by atoms with van der Waals surface area (Å²) >= 11 is 3.50. The van der Waals surface area contributed by atoms with Crippen LogP contribution in [0.3, 0.4) is 0 Å². The van der Waals surface area contributed by atoms with Crippen LogP contribution < -0.4 is 10.5 Å². The number of nitrogens with two attached hydrogens (primary N) is 1. The van der Waals surface area contributed by atoms with Crippen molar-refractivity contribution in [3.05, 3.63) is 28.2 Å². The van der Waals surface area contributed by atoms with Crippen LogP contribution in [0, 0.1) is 12.3 Å². The lowest BCUT2D eigenvalue weighted by molar-refractivity contribution is -0.0900. The van der Waals surface area contributed by atoms with Crippen LogP contribution in [0.1, 0.15) is 44.1 Å². The second kappa shape index (κ2) is 5.10. The number of halogens is 1. The number of ether oxygens (including phenoxy) is 1. The fourth-order valence-electron chi connectivity index (χ4n) is 3.74. The van der Waals surface area contributed by atoms with E-state index >= 15 is 0 Å². The molecule has 0 radical (unpaired) electrons. The van der Waals surface area contributed by atoms with Gasteiger partial charge >= 0.3 is 0 Å². The average molecular weight is 324 g/mol. The Morgan fingerprint density at radius 2 is 2.00 bits per heavy atom. The Morgan fingerprint density at radius 3 is 2.63 bits per heavy atom. The molecule has 2 unspecified atom stereocenters. The normalized spacial score (nSPS) is 29.0. The molecule has 2 N–H and O–H groups in total. The minimum Gasteiger partial charge on any atom is -0.489 e. The molecule has 0 aromatic heterocycles. The number of hydrogen-bond acceptors (Lipinski definition) is 2. The molecule has 2 atom stereocenters. The summed E-state index contributed by atoms with van der Waals surface area (Å²) in [5.41, 5.74) is 7.76. The Labute approximate surface area is 123 Å². The summed E-state index contributed by atoms with van der Waals surface area (Å²) in [6.45, 7) is 2.10. The summed E-state index contributed by atoms with van der Waals surface area (Å²) in [4.78, 5) is 0. The van der Waals surface area contributed by atoms with Crippen molar-refractivity contribution in [2.45, 2.75) is 57.6 Å². The maximum Gasteiger partial charge on any atom is 0.122 e. The highest BCUT2D eigenvalue weighted by Gasteiger charge is 2.54. The lowest BCUT2D eigenvalue weighted by Crippen LogP contribution is -2.64. The van der Waals surface area contributed by atoms with Gasteiger partial charge in [0.05, 0.1) is 0 Å². The van der Waals surface area contributed by atoms with Crippen molar-refractivity contribution >= 4 is 15.9 Å². The topological polar surface area (TPSA) is 35.2 Å². The van der Waals surface area contributed by atoms with Crippen molar-refractivity contribution in [3.63, 3.8) is 0 Å². The van der Waals surface area contributed by atoms with Crippen LogP contribution in [0.2, 0.25) is 0 Å². The Bertz CT molecular complexity index is 468. The van der Waals surface area contributed by atoms with Crippen LogP contribution in [0.15, 0.2) is 22.7 Å². The van der Waals surface area contributed by atoms with Crippen molar-refractivity contribution in [2.24, 2.45) is 11.1 Å². The van der Waals surface area contributed by atoms with Gasteiger partial charge in [-0.15, -0.1) is 0 Å². The van der Waals surface area contributed by atoms with Gasteiger partial charge in [0.1, 0.15) is 11.9 Å². The summed E-state index contributed by atoms with van der Waals surface area (Å²) in [5.74, 6) is 1.02. The average Bonchev–Trinajstić information content (AvgIpc) is 2.42. The van der Waals surface area contributed by atoms with Crippen LogP contribution in [-0.2, 0) is 0 Å². The maximum absolute atomic E-state index is 6.31. The van der Waals surface area contributed by atoms with Gasteiger partial charge in [0.15, 0.2) is 0 Å². The Hall–Kier alpha value is -0.540. The van der Waals surface area contributed by atoms with E-state index in [4.69, 9.17) is 10.5 Å². The molecule has 104 valence electrons. The molecule has 1 spiro atoms. The monoisotopic (exact) mass is 323 g/mol. The van der Waals surface area contributed by atoms with E-state index in [9.17, 15) is 0 Å². The highest BCUT2D eigenvalue weighted by molar-refractivity contribution is 9.10. The first-order valence-corrected chi connectivity index (χ1v) is 8.09. The molecule has 3 heteroatoms. The number of benzene rings is 1. The van der Waals surface area contributed by atoms with Crippen molar-refractivity contribution in [1.82, 2.24) is 0 Å². The van der Waals surface area contributed by atoms with Gasteiger partial charge in [-0.05, 0) is 43.5 Å². The second-order valence-corrected chi connectivity index (χ2v) is 7.07. The molecule has 1 aromatic carbocycles. The van der Waals surface area contributed by atoms with E-state index in [1.54, 1.807) is 0 Å². The van der Waals surface area contributed by atoms with E-state index < -0.39 is 0 Å². The Morgan fingerprint density at radius 1 is 1.26 bits per heavy atom. The lowest BCUT2D eigenvalue weighted by atomic mass is 9.55. The zero-order valence-corrected chi connectivity index (χ0v) is 13.1. The SMILES string of the molecule is Cc1cc(Br)ccc1OC1CC(N)C12CCCCC2. The zero-order chi connectivity index (χ0) is 13.5. The molecule has 0 heterocycles. The van der Waals surface area contributed by atoms with Gasteiger partial charge in [0, 0.05) is 22.4 Å². The van der Waals surface area contributed by atoms with Crippen LogP contribution in [0.5, 0.6) is 5.75 Å². The van der Waals surface area contributed by atoms with Gasteiger partial charge in [-0.3, -0.25) is 0 Å². The molecular formula is C16H22BrNO. The third-order valence-corrected chi connectivity index (χ3v) is 5.53. The molecule has 19 heavy (non-hydrogen) atoms. The molecule has 3 rings (SSSR count). The summed E-state index contributed by atoms with van der Waals surface area (Å²) < 4.78 is 7.41. The molecule has 0 aliphatic heterocycles. The zero-order valence-electron chi connectivity index (χ0n) is 11.5. The van der Waals surface area contributed by atoms with Crippen LogP contribution in [-0.4, -0.2) is 12.1 Å². The first-order chi connectivity index (χ1) is 9.12. The van der Waals surface area contributed by atoms with Crippen molar-refractivity contribution in [1.29, 1.82) is 0 Å². The summed E-state index contributed by atoms with van der Waals surface area (Å²) in [6.07, 6.45) is 7.80. The van der Waals surface area contributed by atoms with E-state index in [1.807, 2.05) is 0 Å². The smallest absolute Gasteiger partial charge is 0.122 e. The van der Waals surface area contributed by atoms with E-state index in [0.29, 0.717) is 12.1 Å². The second-order valence-electron chi connectivity index (χ2n) is 6.15. The molecular weight excluding hydrogens is 302 g/mol. The maximum atomic E-state index is 6.31. The quantitative estimate of drug-likeness (QED) is 0.885. The van der Waals surface area contributed by atoms with Crippen LogP contribution >= 0.6 is 15.9 Å². The molecule has 0 amide bonds. The van der Waals surface area contributed by atoms with Crippen molar-refractivity contribution in [2.75, 3.05) is 0 Å². The van der Waals surface area contributed by atoms with Crippen molar-refractivity contribution < 1.29 is 4.74 Å². The summed E-state index contributed by atoms with van der Waals surface area (Å²) in [7, 11) is 0. The van der Waals surface area contributed by atoms with Gasteiger partial charge in [0.2, 0.25) is 0 Å². The fourth-order valence-corrected chi connectivity index (χ4v) is 4.22. The number of aryl methyl sites for hydroxylation is 1. The molecule has 2 aliphatic rings. The third kappa shape index (κ3) is 2.31. The Balaban J connectivity index is 1.76. The first kappa shape index (κ1) is 13.4. The number of hydrogen-bond donors (Lipinski definition) is 1.